The van der Waals surface area contributed by atoms with E-state index in [1.165, 1.54) is 16.7 Å². The topological polar surface area (TPSA) is 24.1 Å². The van der Waals surface area contributed by atoms with Crippen LogP contribution in [-0.2, 0) is 0 Å². The third kappa shape index (κ3) is 4.11. The van der Waals surface area contributed by atoms with Crippen LogP contribution in [0, 0.1) is 6.92 Å². The van der Waals surface area contributed by atoms with Gasteiger partial charge in [0, 0.05) is 18.6 Å². The number of nitrogens with one attached hydrogen (secondary N) is 2. The fraction of sp³-hybridized carbons (Fsp3) is 0.625. The summed E-state index contributed by atoms with van der Waals surface area (Å²) in [4.78, 5) is 0. The number of hydrogen-bond acceptors (Lipinski definition) is 2. The van der Waals surface area contributed by atoms with E-state index in [1.807, 2.05) is 7.05 Å². The highest BCUT2D eigenvalue weighted by Gasteiger charge is 2.13. The minimum atomic E-state index is 0.381. The monoisotopic (exact) mass is 248 g/mol. The molecule has 2 heteroatoms. The lowest BCUT2D eigenvalue weighted by molar-refractivity contribution is 0.489. The van der Waals surface area contributed by atoms with Crippen LogP contribution in [0.5, 0.6) is 0 Å². The Hall–Kier alpha value is -0.860. The first kappa shape index (κ1) is 15.2. The van der Waals surface area contributed by atoms with Crippen molar-refractivity contribution in [3.05, 3.63) is 34.9 Å². The highest BCUT2D eigenvalue weighted by molar-refractivity contribution is 5.35. The molecule has 0 bridgehead atoms. The lowest BCUT2D eigenvalue weighted by atomic mass is 9.94. The Labute approximate surface area is 112 Å². The molecule has 1 aromatic rings. The van der Waals surface area contributed by atoms with Crippen LogP contribution < -0.4 is 10.6 Å². The van der Waals surface area contributed by atoms with Crippen LogP contribution in [-0.4, -0.2) is 19.6 Å². The molecule has 1 atom stereocenters. The first-order valence-corrected chi connectivity index (χ1v) is 6.96. The van der Waals surface area contributed by atoms with Crippen molar-refractivity contribution in [3.8, 4) is 0 Å². The van der Waals surface area contributed by atoms with Crippen LogP contribution in [0.25, 0.3) is 0 Å². The zero-order valence-corrected chi connectivity index (χ0v) is 12.7. The molecule has 0 spiro atoms. The Balaban J connectivity index is 2.93. The highest BCUT2D eigenvalue weighted by atomic mass is 15.0. The van der Waals surface area contributed by atoms with Crippen molar-refractivity contribution < 1.29 is 0 Å². The summed E-state index contributed by atoms with van der Waals surface area (Å²) in [5, 5.41) is 6.93. The molecule has 0 fully saturated rings. The molecule has 1 rings (SSSR count). The summed E-state index contributed by atoms with van der Waals surface area (Å²) < 4.78 is 0. The number of likely N-dealkylation sites (N-methyl/N-ethyl adjacent to an activating group) is 1. The normalized spacial score (nSPS) is 13.3. The molecular weight excluding hydrogens is 220 g/mol. The van der Waals surface area contributed by atoms with Gasteiger partial charge >= 0.3 is 0 Å². The summed E-state index contributed by atoms with van der Waals surface area (Å²) in [6, 6.07) is 7.74. The van der Waals surface area contributed by atoms with Gasteiger partial charge in [0.15, 0.2) is 0 Å². The van der Waals surface area contributed by atoms with Gasteiger partial charge < -0.3 is 10.6 Å². The second-order valence-electron chi connectivity index (χ2n) is 5.67. The molecular formula is C16H28N2. The predicted molar refractivity (Wildman–Crippen MR) is 80.2 cm³/mol. The van der Waals surface area contributed by atoms with Gasteiger partial charge in [-0.2, -0.15) is 0 Å². The van der Waals surface area contributed by atoms with Gasteiger partial charge in [0.2, 0.25) is 0 Å². The summed E-state index contributed by atoms with van der Waals surface area (Å²) in [5.41, 5.74) is 4.20. The van der Waals surface area contributed by atoms with Gasteiger partial charge in [0.25, 0.3) is 0 Å². The Morgan fingerprint density at radius 2 is 1.78 bits per heavy atom. The number of hydrogen-bond donors (Lipinski definition) is 2. The maximum absolute atomic E-state index is 3.51. The quantitative estimate of drug-likeness (QED) is 0.806. The van der Waals surface area contributed by atoms with Crippen molar-refractivity contribution >= 4 is 0 Å². The highest BCUT2D eigenvalue weighted by Crippen LogP contribution is 2.23. The molecule has 0 aromatic heterocycles. The molecule has 0 saturated heterocycles. The third-order valence-corrected chi connectivity index (χ3v) is 3.42. The van der Waals surface area contributed by atoms with Gasteiger partial charge in [-0.3, -0.25) is 0 Å². The lowest BCUT2D eigenvalue weighted by Gasteiger charge is -2.22. The van der Waals surface area contributed by atoms with Gasteiger partial charge in [-0.15, -0.1) is 0 Å². The fourth-order valence-electron chi connectivity index (χ4n) is 2.11. The van der Waals surface area contributed by atoms with E-state index >= 15 is 0 Å². The predicted octanol–water partition coefficient (Wildman–Crippen LogP) is 3.38. The van der Waals surface area contributed by atoms with Crippen molar-refractivity contribution in [2.75, 3.05) is 13.6 Å². The van der Waals surface area contributed by atoms with Crippen molar-refractivity contribution in [2.45, 2.75) is 52.6 Å². The number of aryl methyl sites for hydroxylation is 1. The SMILES string of the molecule is CNC(CNC(C)C)c1cc(C(C)C)ccc1C. The summed E-state index contributed by atoms with van der Waals surface area (Å²) in [7, 11) is 2.04. The Bertz CT molecular complexity index is 369. The minimum Gasteiger partial charge on any atom is -0.313 e. The van der Waals surface area contributed by atoms with Crippen molar-refractivity contribution in [3.63, 3.8) is 0 Å². The van der Waals surface area contributed by atoms with Crippen LogP contribution >= 0.6 is 0 Å². The molecule has 2 N–H and O–H groups in total. The maximum atomic E-state index is 3.51. The summed E-state index contributed by atoms with van der Waals surface area (Å²) in [6.07, 6.45) is 0. The van der Waals surface area contributed by atoms with Crippen molar-refractivity contribution in [1.82, 2.24) is 10.6 Å². The first-order valence-electron chi connectivity index (χ1n) is 6.96. The molecule has 0 amide bonds. The standard InChI is InChI=1S/C16H28N2/c1-11(2)14-8-7-13(5)15(9-14)16(17-6)10-18-12(3)4/h7-9,11-12,16-18H,10H2,1-6H3. The Kier molecular flexibility index (Phi) is 5.83. The van der Waals surface area contributed by atoms with Gasteiger partial charge in [-0.25, -0.2) is 0 Å². The molecule has 1 aromatic carbocycles. The van der Waals surface area contributed by atoms with Gasteiger partial charge in [0.1, 0.15) is 0 Å². The lowest BCUT2D eigenvalue weighted by Crippen LogP contribution is -2.33. The zero-order valence-electron chi connectivity index (χ0n) is 12.7. The van der Waals surface area contributed by atoms with E-state index < -0.39 is 0 Å². The van der Waals surface area contributed by atoms with E-state index in [-0.39, 0.29) is 0 Å². The molecule has 0 aliphatic heterocycles. The van der Waals surface area contributed by atoms with E-state index in [0.29, 0.717) is 18.0 Å². The third-order valence-electron chi connectivity index (χ3n) is 3.42. The average Bonchev–Trinajstić information content (AvgIpc) is 2.31. The molecule has 0 saturated carbocycles. The molecule has 2 nitrogen and oxygen atoms in total. The molecule has 0 aliphatic rings. The largest absolute Gasteiger partial charge is 0.313 e. The maximum Gasteiger partial charge on any atom is 0.0447 e. The van der Waals surface area contributed by atoms with Crippen LogP contribution in [0.4, 0.5) is 0 Å². The summed E-state index contributed by atoms with van der Waals surface area (Å²) in [6.45, 7) is 12.0. The number of benzene rings is 1. The fourth-order valence-corrected chi connectivity index (χ4v) is 2.11. The van der Waals surface area contributed by atoms with Crippen LogP contribution in [0.15, 0.2) is 18.2 Å². The number of rotatable bonds is 6. The molecule has 0 aliphatic carbocycles. The van der Waals surface area contributed by atoms with E-state index in [4.69, 9.17) is 0 Å². The molecule has 18 heavy (non-hydrogen) atoms. The second kappa shape index (κ2) is 6.91. The average molecular weight is 248 g/mol. The van der Waals surface area contributed by atoms with Gasteiger partial charge in [0.05, 0.1) is 0 Å². The van der Waals surface area contributed by atoms with E-state index in [1.54, 1.807) is 0 Å². The van der Waals surface area contributed by atoms with Gasteiger partial charge in [-0.1, -0.05) is 45.9 Å². The van der Waals surface area contributed by atoms with E-state index in [9.17, 15) is 0 Å². The second-order valence-corrected chi connectivity index (χ2v) is 5.67. The molecule has 102 valence electrons. The first-order chi connectivity index (χ1) is 8.45. The Morgan fingerprint density at radius 1 is 1.11 bits per heavy atom. The van der Waals surface area contributed by atoms with Crippen molar-refractivity contribution in [1.29, 1.82) is 0 Å². The van der Waals surface area contributed by atoms with Crippen LogP contribution in [0.1, 0.15) is 56.3 Å². The molecule has 0 radical (unpaired) electrons. The zero-order chi connectivity index (χ0) is 13.7. The summed E-state index contributed by atoms with van der Waals surface area (Å²) in [5.74, 6) is 0.583. The van der Waals surface area contributed by atoms with Crippen molar-refractivity contribution in [2.24, 2.45) is 0 Å². The van der Waals surface area contributed by atoms with E-state index in [0.717, 1.165) is 6.54 Å². The Morgan fingerprint density at radius 3 is 2.28 bits per heavy atom. The van der Waals surface area contributed by atoms with E-state index in [2.05, 4.69) is 63.5 Å². The van der Waals surface area contributed by atoms with Gasteiger partial charge in [-0.05, 0) is 36.6 Å². The van der Waals surface area contributed by atoms with Crippen LogP contribution in [0.3, 0.4) is 0 Å². The molecule has 0 heterocycles. The van der Waals surface area contributed by atoms with Crippen LogP contribution in [0.2, 0.25) is 0 Å². The summed E-state index contributed by atoms with van der Waals surface area (Å²) >= 11 is 0. The smallest absolute Gasteiger partial charge is 0.0447 e. The molecule has 1 unspecified atom stereocenters. The minimum absolute atomic E-state index is 0.381.